The van der Waals surface area contributed by atoms with Crippen molar-refractivity contribution in [1.29, 1.82) is 0 Å². The van der Waals surface area contributed by atoms with E-state index in [1.54, 1.807) is 24.3 Å². The van der Waals surface area contributed by atoms with Gasteiger partial charge in [-0.1, -0.05) is 106 Å². The van der Waals surface area contributed by atoms with Gasteiger partial charge in [0.25, 0.3) is 0 Å². The van der Waals surface area contributed by atoms with Gasteiger partial charge in [-0.25, -0.2) is 4.79 Å². The predicted molar refractivity (Wildman–Crippen MR) is 189 cm³/mol. The molecule has 0 unspecified atom stereocenters. The van der Waals surface area contributed by atoms with Gasteiger partial charge in [-0.15, -0.1) is 0 Å². The van der Waals surface area contributed by atoms with Gasteiger partial charge in [-0.3, -0.25) is 4.79 Å². The molecule has 0 amide bonds. The third-order valence-corrected chi connectivity index (χ3v) is 7.84. The number of esters is 1. The van der Waals surface area contributed by atoms with Crippen LogP contribution in [0.2, 0.25) is 0 Å². The Balaban J connectivity index is 1.10. The number of nitrogens with two attached hydrogens (primary N) is 2. The van der Waals surface area contributed by atoms with E-state index in [4.69, 9.17) is 20.9 Å². The number of ketones is 1. The Labute approximate surface area is 273 Å². The van der Waals surface area contributed by atoms with Crippen LogP contribution in [0, 0.1) is 0 Å². The first-order valence-electron chi connectivity index (χ1n) is 16.4. The van der Waals surface area contributed by atoms with Crippen LogP contribution in [-0.2, 0) is 11.2 Å². The Bertz CT molecular complexity index is 1540. The summed E-state index contributed by atoms with van der Waals surface area (Å²) >= 11 is 0. The van der Waals surface area contributed by atoms with Crippen LogP contribution in [0.1, 0.15) is 90.1 Å². The van der Waals surface area contributed by atoms with Gasteiger partial charge in [0, 0.05) is 16.9 Å². The van der Waals surface area contributed by atoms with Crippen molar-refractivity contribution in [3.05, 3.63) is 119 Å². The molecular weight excluding hydrogens is 572 g/mol. The van der Waals surface area contributed by atoms with Crippen molar-refractivity contribution in [2.75, 3.05) is 24.7 Å². The number of carbonyl (C=O) groups is 2. The molecule has 4 aromatic carbocycles. The van der Waals surface area contributed by atoms with Gasteiger partial charge in [0.2, 0.25) is 0 Å². The van der Waals surface area contributed by atoms with Crippen LogP contribution >= 0.6 is 0 Å². The molecule has 240 valence electrons. The molecule has 4 N–H and O–H groups in total. The lowest BCUT2D eigenvalue weighted by atomic mass is 9.99. The number of rotatable bonds is 18. The lowest BCUT2D eigenvalue weighted by molar-refractivity contribution is 0.0497. The zero-order chi connectivity index (χ0) is 32.6. The summed E-state index contributed by atoms with van der Waals surface area (Å²) in [7, 11) is 0. The third-order valence-electron chi connectivity index (χ3n) is 7.84. The molecule has 4 aromatic rings. The number of allylic oxidation sites excluding steroid dienone is 1. The highest BCUT2D eigenvalue weighted by atomic mass is 16.5. The van der Waals surface area contributed by atoms with E-state index in [-0.39, 0.29) is 5.78 Å². The van der Waals surface area contributed by atoms with Gasteiger partial charge in [0.15, 0.2) is 5.78 Å². The minimum absolute atomic E-state index is 0.0251. The number of anilines is 2. The Kier molecular flexibility index (Phi) is 13.5. The fraction of sp³-hybridized carbons (Fsp3) is 0.300. The maximum atomic E-state index is 12.8. The summed E-state index contributed by atoms with van der Waals surface area (Å²) in [5.74, 6) is 0.380. The maximum absolute atomic E-state index is 12.8. The molecule has 0 aliphatic rings. The van der Waals surface area contributed by atoms with E-state index < -0.39 is 5.97 Å². The van der Waals surface area contributed by atoms with Gasteiger partial charge < -0.3 is 20.9 Å². The topological polar surface area (TPSA) is 105 Å². The number of benzene rings is 4. The third kappa shape index (κ3) is 11.3. The number of carbonyl (C=O) groups excluding carboxylic acids is 2. The van der Waals surface area contributed by atoms with Crippen molar-refractivity contribution >= 4 is 29.2 Å². The van der Waals surface area contributed by atoms with Crippen LogP contribution in [0.25, 0.3) is 17.2 Å². The molecular formula is C40H46N2O4. The highest BCUT2D eigenvalue weighted by Gasteiger charge is 2.09. The van der Waals surface area contributed by atoms with Crippen LogP contribution in [0.3, 0.4) is 0 Å². The highest BCUT2D eigenvalue weighted by molar-refractivity contribution is 6.07. The zero-order valence-corrected chi connectivity index (χ0v) is 26.9. The summed E-state index contributed by atoms with van der Waals surface area (Å²) in [5, 5.41) is 0. The second-order valence-electron chi connectivity index (χ2n) is 11.6. The lowest BCUT2D eigenvalue weighted by Gasteiger charge is -2.08. The van der Waals surface area contributed by atoms with E-state index in [0.717, 1.165) is 61.0 Å². The van der Waals surface area contributed by atoms with Gasteiger partial charge in [0.1, 0.15) is 5.75 Å². The maximum Gasteiger partial charge on any atom is 0.338 e. The molecule has 0 bridgehead atoms. The molecule has 4 rings (SSSR count). The van der Waals surface area contributed by atoms with E-state index in [2.05, 4.69) is 31.2 Å². The van der Waals surface area contributed by atoms with Gasteiger partial charge in [-0.2, -0.15) is 0 Å². The molecule has 0 radical (unpaired) electrons. The second kappa shape index (κ2) is 18.2. The summed E-state index contributed by atoms with van der Waals surface area (Å²) in [6, 6.07) is 29.0. The quantitative estimate of drug-likeness (QED) is 0.0379. The summed E-state index contributed by atoms with van der Waals surface area (Å²) in [6.07, 6.45) is 13.1. The molecule has 6 heteroatoms. The molecule has 0 saturated heterocycles. The van der Waals surface area contributed by atoms with Crippen molar-refractivity contribution in [3.8, 4) is 16.9 Å². The van der Waals surface area contributed by atoms with Crippen LogP contribution < -0.4 is 16.2 Å². The molecule has 0 spiro atoms. The smallest absolute Gasteiger partial charge is 0.338 e. The van der Waals surface area contributed by atoms with Crippen molar-refractivity contribution in [2.45, 2.75) is 64.7 Å². The van der Waals surface area contributed by atoms with Crippen LogP contribution in [0.4, 0.5) is 11.4 Å². The predicted octanol–water partition coefficient (Wildman–Crippen LogP) is 9.33. The molecule has 0 atom stereocenters. The molecule has 0 heterocycles. The monoisotopic (exact) mass is 618 g/mol. The summed E-state index contributed by atoms with van der Waals surface area (Å²) in [5.41, 5.74) is 18.0. The summed E-state index contributed by atoms with van der Waals surface area (Å²) in [4.78, 5) is 24.9. The van der Waals surface area contributed by atoms with Gasteiger partial charge >= 0.3 is 5.97 Å². The normalized spacial score (nSPS) is 11.1. The fourth-order valence-electron chi connectivity index (χ4n) is 5.18. The van der Waals surface area contributed by atoms with Crippen LogP contribution in [0.15, 0.2) is 97.1 Å². The van der Waals surface area contributed by atoms with Gasteiger partial charge in [-0.05, 0) is 84.3 Å². The number of hydrogen-bond donors (Lipinski definition) is 2. The molecule has 0 aromatic heterocycles. The van der Waals surface area contributed by atoms with E-state index in [1.807, 2.05) is 54.6 Å². The van der Waals surface area contributed by atoms with Crippen LogP contribution in [0.5, 0.6) is 5.75 Å². The van der Waals surface area contributed by atoms with E-state index in [1.165, 1.54) is 24.8 Å². The number of ether oxygens (including phenoxy) is 2. The fourth-order valence-corrected chi connectivity index (χ4v) is 5.18. The Morgan fingerprint density at radius 2 is 1.26 bits per heavy atom. The van der Waals surface area contributed by atoms with E-state index >= 15 is 0 Å². The largest absolute Gasteiger partial charge is 0.494 e. The second-order valence-corrected chi connectivity index (χ2v) is 11.6. The number of unbranched alkanes of at least 4 members (excludes halogenated alkanes) is 6. The summed E-state index contributed by atoms with van der Waals surface area (Å²) in [6.45, 7) is 3.23. The number of nitrogen functional groups attached to an aromatic ring is 2. The highest BCUT2D eigenvalue weighted by Crippen LogP contribution is 2.22. The molecule has 0 aliphatic heterocycles. The van der Waals surface area contributed by atoms with Crippen molar-refractivity contribution in [3.63, 3.8) is 0 Å². The Morgan fingerprint density at radius 1 is 0.652 bits per heavy atom. The molecule has 0 saturated carbocycles. The minimum Gasteiger partial charge on any atom is -0.494 e. The molecule has 0 aliphatic carbocycles. The Morgan fingerprint density at radius 3 is 1.91 bits per heavy atom. The summed E-state index contributed by atoms with van der Waals surface area (Å²) < 4.78 is 11.2. The van der Waals surface area contributed by atoms with E-state index in [9.17, 15) is 9.59 Å². The minimum atomic E-state index is -0.402. The van der Waals surface area contributed by atoms with E-state index in [0.29, 0.717) is 35.7 Å². The Hall–Kier alpha value is -4.84. The SMILES string of the molecule is CCCCCc1ccc(-c2ccc(C(=O)/C=C/c3ccc(OCCCCCCCOC(=O)c4cc(N)cc(N)c4)cc3)cc2)cc1. The van der Waals surface area contributed by atoms with Crippen molar-refractivity contribution in [1.82, 2.24) is 0 Å². The molecule has 6 nitrogen and oxygen atoms in total. The van der Waals surface area contributed by atoms with Gasteiger partial charge in [0.05, 0.1) is 18.8 Å². The first kappa shape index (κ1) is 34.0. The van der Waals surface area contributed by atoms with Crippen molar-refractivity contribution in [2.24, 2.45) is 0 Å². The first-order chi connectivity index (χ1) is 22.4. The van der Waals surface area contributed by atoms with Crippen LogP contribution in [-0.4, -0.2) is 25.0 Å². The average molecular weight is 619 g/mol. The molecule has 0 fully saturated rings. The standard InChI is InChI=1S/C40H46N2O4/c1-2-3-7-10-30-11-16-32(17-12-30)33-18-20-34(21-19-33)39(43)24-15-31-13-22-38(23-14-31)45-25-8-5-4-6-9-26-46-40(44)35-27-36(41)29-37(42)28-35/h11-24,27-29H,2-10,25-26,41-42H2,1H3/b24-15+. The van der Waals surface area contributed by atoms with Crippen molar-refractivity contribution < 1.29 is 19.1 Å². The lowest BCUT2D eigenvalue weighted by Crippen LogP contribution is -2.08. The average Bonchev–Trinajstić information content (AvgIpc) is 3.07. The first-order valence-corrected chi connectivity index (χ1v) is 16.4. The number of aryl methyl sites for hydroxylation is 1. The number of hydrogen-bond acceptors (Lipinski definition) is 6. The molecule has 46 heavy (non-hydrogen) atoms. The zero-order valence-electron chi connectivity index (χ0n) is 26.9.